The van der Waals surface area contributed by atoms with E-state index in [1.807, 2.05) is 4.72 Å². The van der Waals surface area contributed by atoms with Crippen LogP contribution in [0.1, 0.15) is 24.8 Å². The molecule has 0 aliphatic heterocycles. The van der Waals surface area contributed by atoms with E-state index in [0.29, 0.717) is 0 Å². The van der Waals surface area contributed by atoms with Crippen LogP contribution >= 0.6 is 0 Å². The summed E-state index contributed by atoms with van der Waals surface area (Å²) in [6.45, 7) is 1.70. The average molecular weight is 315 g/mol. The Labute approximate surface area is 122 Å². The highest BCUT2D eigenvalue weighted by Crippen LogP contribution is 2.16. The standard InChI is InChI=1S/C13H17NO6S/c1-9(10-5-3-2-4-6-10)8-21(19,20)14-11(13(17)18)7-12(15)16/h2-6,9,11,14H,7-8H2,1H3,(H,15,16)(H,17,18)/t9?,11-/m1/s1. The minimum atomic E-state index is -3.91. The average Bonchev–Trinajstić information content (AvgIpc) is 2.37. The van der Waals surface area contributed by atoms with Crippen LogP contribution in [-0.2, 0) is 19.6 Å². The molecule has 8 heteroatoms. The van der Waals surface area contributed by atoms with Gasteiger partial charge in [0.25, 0.3) is 0 Å². The third-order valence-corrected chi connectivity index (χ3v) is 4.42. The fourth-order valence-corrected chi connectivity index (χ4v) is 3.39. The van der Waals surface area contributed by atoms with Gasteiger partial charge in [0.1, 0.15) is 6.04 Å². The number of rotatable bonds is 8. The van der Waals surface area contributed by atoms with Crippen molar-refractivity contribution in [2.24, 2.45) is 0 Å². The summed E-state index contributed by atoms with van der Waals surface area (Å²) in [6, 6.07) is 7.22. The molecule has 1 rings (SSSR count). The number of hydrogen-bond acceptors (Lipinski definition) is 4. The zero-order valence-electron chi connectivity index (χ0n) is 11.4. The van der Waals surface area contributed by atoms with Gasteiger partial charge in [-0.3, -0.25) is 9.59 Å². The summed E-state index contributed by atoms with van der Waals surface area (Å²) in [5.41, 5.74) is 0.799. The molecule has 0 aromatic heterocycles. The van der Waals surface area contributed by atoms with Gasteiger partial charge in [0.15, 0.2) is 0 Å². The number of sulfonamides is 1. The lowest BCUT2D eigenvalue weighted by Crippen LogP contribution is -2.43. The smallest absolute Gasteiger partial charge is 0.322 e. The zero-order chi connectivity index (χ0) is 16.0. The van der Waals surface area contributed by atoms with Crippen molar-refractivity contribution < 1.29 is 28.2 Å². The first-order chi connectivity index (χ1) is 9.71. The Bertz CT molecular complexity index is 598. The van der Waals surface area contributed by atoms with Gasteiger partial charge in [-0.2, -0.15) is 0 Å². The van der Waals surface area contributed by atoms with Crippen molar-refractivity contribution in [1.29, 1.82) is 0 Å². The largest absolute Gasteiger partial charge is 0.481 e. The molecule has 7 nitrogen and oxygen atoms in total. The normalized spacial score (nSPS) is 14.3. The molecule has 0 fully saturated rings. The fourth-order valence-electron chi connectivity index (χ4n) is 1.83. The molecule has 116 valence electrons. The van der Waals surface area contributed by atoms with Gasteiger partial charge >= 0.3 is 11.9 Å². The van der Waals surface area contributed by atoms with Gasteiger partial charge in [0.2, 0.25) is 10.0 Å². The molecule has 1 unspecified atom stereocenters. The molecule has 0 heterocycles. The van der Waals surface area contributed by atoms with Crippen molar-refractivity contribution in [1.82, 2.24) is 4.72 Å². The Morgan fingerprint density at radius 3 is 2.24 bits per heavy atom. The van der Waals surface area contributed by atoms with Crippen molar-refractivity contribution in [3.05, 3.63) is 35.9 Å². The Hall–Kier alpha value is -1.93. The topological polar surface area (TPSA) is 121 Å². The van der Waals surface area contributed by atoms with Crippen molar-refractivity contribution in [3.8, 4) is 0 Å². The maximum absolute atomic E-state index is 11.9. The summed E-state index contributed by atoms with van der Waals surface area (Å²) >= 11 is 0. The molecule has 0 spiro atoms. The van der Waals surface area contributed by atoms with Gasteiger partial charge in [0.05, 0.1) is 12.2 Å². The number of carboxylic acid groups (broad SMARTS) is 2. The SMILES string of the molecule is CC(CS(=O)(=O)N[C@H](CC(=O)O)C(=O)O)c1ccccc1. The van der Waals surface area contributed by atoms with Crippen LogP contribution in [0.15, 0.2) is 30.3 Å². The van der Waals surface area contributed by atoms with Crippen LogP contribution in [-0.4, -0.2) is 42.4 Å². The van der Waals surface area contributed by atoms with Crippen LogP contribution in [0, 0.1) is 0 Å². The Balaban J connectivity index is 2.76. The molecule has 1 aromatic rings. The van der Waals surface area contributed by atoms with Crippen LogP contribution < -0.4 is 4.72 Å². The zero-order valence-corrected chi connectivity index (χ0v) is 12.2. The van der Waals surface area contributed by atoms with Gasteiger partial charge in [-0.25, -0.2) is 13.1 Å². The summed E-state index contributed by atoms with van der Waals surface area (Å²) in [4.78, 5) is 21.4. The summed E-state index contributed by atoms with van der Waals surface area (Å²) in [7, 11) is -3.91. The predicted molar refractivity (Wildman–Crippen MR) is 75.5 cm³/mol. The van der Waals surface area contributed by atoms with Gasteiger partial charge in [-0.05, 0) is 11.5 Å². The molecule has 1 aromatic carbocycles. The highest BCUT2D eigenvalue weighted by atomic mass is 32.2. The number of nitrogens with one attached hydrogen (secondary N) is 1. The van der Waals surface area contributed by atoms with Crippen LogP contribution in [0.4, 0.5) is 0 Å². The van der Waals surface area contributed by atoms with Gasteiger partial charge < -0.3 is 10.2 Å². The number of carboxylic acids is 2. The van der Waals surface area contributed by atoms with E-state index in [2.05, 4.69) is 0 Å². The maximum atomic E-state index is 11.9. The second-order valence-corrected chi connectivity index (χ2v) is 6.50. The first-order valence-corrected chi connectivity index (χ1v) is 7.86. The van der Waals surface area contributed by atoms with Crippen LogP contribution in [0.3, 0.4) is 0 Å². The molecule has 0 radical (unpaired) electrons. The first kappa shape index (κ1) is 17.1. The number of carbonyl (C=O) groups is 2. The summed E-state index contributed by atoms with van der Waals surface area (Å²) in [5.74, 6) is -3.57. The van der Waals surface area contributed by atoms with Crippen molar-refractivity contribution in [3.63, 3.8) is 0 Å². The Kier molecular flexibility index (Phi) is 5.86. The van der Waals surface area contributed by atoms with E-state index < -0.39 is 34.4 Å². The lowest BCUT2D eigenvalue weighted by Gasteiger charge is -2.16. The fraction of sp³-hybridized carbons (Fsp3) is 0.385. The number of hydrogen-bond donors (Lipinski definition) is 3. The molecule has 0 amide bonds. The molecule has 0 aliphatic carbocycles. The van der Waals surface area contributed by atoms with E-state index in [-0.39, 0.29) is 11.7 Å². The van der Waals surface area contributed by atoms with Gasteiger partial charge in [-0.1, -0.05) is 37.3 Å². The summed E-state index contributed by atoms with van der Waals surface area (Å²) in [6.07, 6.45) is -0.811. The summed E-state index contributed by atoms with van der Waals surface area (Å²) < 4.78 is 25.8. The second kappa shape index (κ2) is 7.19. The monoisotopic (exact) mass is 315 g/mol. The molecule has 0 aliphatic rings. The predicted octanol–water partition coefficient (Wildman–Crippen LogP) is 0.637. The number of benzene rings is 1. The molecular formula is C13H17NO6S. The van der Waals surface area contributed by atoms with E-state index >= 15 is 0 Å². The first-order valence-electron chi connectivity index (χ1n) is 6.21. The molecule has 3 N–H and O–H groups in total. The molecule has 0 saturated carbocycles. The van der Waals surface area contributed by atoms with Gasteiger partial charge in [0, 0.05) is 0 Å². The molecule has 21 heavy (non-hydrogen) atoms. The Morgan fingerprint density at radius 2 is 1.76 bits per heavy atom. The second-order valence-electron chi connectivity index (χ2n) is 4.70. The van der Waals surface area contributed by atoms with E-state index in [1.165, 1.54) is 0 Å². The van der Waals surface area contributed by atoms with Crippen molar-refractivity contribution >= 4 is 22.0 Å². The molecular weight excluding hydrogens is 298 g/mol. The number of aliphatic carboxylic acids is 2. The highest BCUT2D eigenvalue weighted by Gasteiger charge is 2.27. The highest BCUT2D eigenvalue weighted by molar-refractivity contribution is 7.89. The van der Waals surface area contributed by atoms with Crippen molar-refractivity contribution in [2.75, 3.05) is 5.75 Å². The van der Waals surface area contributed by atoms with Crippen LogP contribution in [0.2, 0.25) is 0 Å². The minimum Gasteiger partial charge on any atom is -0.481 e. The lowest BCUT2D eigenvalue weighted by molar-refractivity contribution is -0.145. The minimum absolute atomic E-state index is 0.319. The third-order valence-electron chi connectivity index (χ3n) is 2.84. The van der Waals surface area contributed by atoms with E-state index in [1.54, 1.807) is 37.3 Å². The summed E-state index contributed by atoms with van der Waals surface area (Å²) in [5, 5.41) is 17.4. The molecule has 2 atom stereocenters. The maximum Gasteiger partial charge on any atom is 0.322 e. The Morgan fingerprint density at radius 1 is 1.19 bits per heavy atom. The third kappa shape index (κ3) is 5.92. The lowest BCUT2D eigenvalue weighted by atomic mass is 10.0. The van der Waals surface area contributed by atoms with E-state index in [9.17, 15) is 18.0 Å². The van der Waals surface area contributed by atoms with Crippen LogP contribution in [0.25, 0.3) is 0 Å². The van der Waals surface area contributed by atoms with E-state index in [0.717, 1.165) is 5.56 Å². The molecule has 0 bridgehead atoms. The quantitative estimate of drug-likeness (QED) is 0.647. The molecule has 0 saturated heterocycles. The van der Waals surface area contributed by atoms with E-state index in [4.69, 9.17) is 10.2 Å². The van der Waals surface area contributed by atoms with Gasteiger partial charge in [-0.15, -0.1) is 0 Å². The van der Waals surface area contributed by atoms with Crippen molar-refractivity contribution in [2.45, 2.75) is 25.3 Å². The van der Waals surface area contributed by atoms with Crippen LogP contribution in [0.5, 0.6) is 0 Å².